The molecule has 2 saturated heterocycles. The number of benzene rings is 1. The highest BCUT2D eigenvalue weighted by atomic mass is 19.1. The van der Waals surface area contributed by atoms with Gasteiger partial charge in [0, 0.05) is 25.4 Å². The van der Waals surface area contributed by atoms with E-state index in [0.717, 1.165) is 25.9 Å². The molecule has 2 fully saturated rings. The molecule has 0 aliphatic carbocycles. The number of hydrogen-bond donors (Lipinski definition) is 1. The van der Waals surface area contributed by atoms with Crippen LogP contribution in [0.1, 0.15) is 32.1 Å². The highest BCUT2D eigenvalue weighted by molar-refractivity contribution is 6.09. The van der Waals surface area contributed by atoms with E-state index >= 15 is 0 Å². The first kappa shape index (κ1) is 16.9. The summed E-state index contributed by atoms with van der Waals surface area (Å²) in [5.74, 6) is -1.43. The monoisotopic (exact) mass is 334 g/mol. The average Bonchev–Trinajstić information content (AvgIpc) is 2.98. The van der Waals surface area contributed by atoms with E-state index in [2.05, 4.69) is 5.32 Å². The van der Waals surface area contributed by atoms with Gasteiger partial charge in [0.1, 0.15) is 11.7 Å². The zero-order valence-electron chi connectivity index (χ0n) is 13.7. The van der Waals surface area contributed by atoms with Crippen molar-refractivity contribution in [1.82, 2.24) is 5.32 Å². The van der Waals surface area contributed by atoms with Crippen LogP contribution in [0.4, 0.5) is 10.1 Å². The van der Waals surface area contributed by atoms with Crippen molar-refractivity contribution in [3.8, 4) is 0 Å². The first-order valence-corrected chi connectivity index (χ1v) is 8.61. The third-order valence-electron chi connectivity index (χ3n) is 4.70. The average molecular weight is 334 g/mol. The maximum atomic E-state index is 13.0. The van der Waals surface area contributed by atoms with Gasteiger partial charge in [0.25, 0.3) is 0 Å². The Bertz CT molecular complexity index is 584. The summed E-state index contributed by atoms with van der Waals surface area (Å²) < 4.78 is 18.6. The van der Waals surface area contributed by atoms with Gasteiger partial charge in [0.15, 0.2) is 0 Å². The van der Waals surface area contributed by atoms with Crippen LogP contribution in [-0.2, 0) is 14.3 Å². The van der Waals surface area contributed by atoms with Crippen molar-refractivity contribution < 1.29 is 18.7 Å². The lowest BCUT2D eigenvalue weighted by atomic mass is 10.1. The lowest BCUT2D eigenvalue weighted by Gasteiger charge is -2.22. The second-order valence-corrected chi connectivity index (χ2v) is 6.38. The van der Waals surface area contributed by atoms with Crippen LogP contribution in [0.15, 0.2) is 24.3 Å². The quantitative estimate of drug-likeness (QED) is 0.840. The molecule has 0 bridgehead atoms. The van der Waals surface area contributed by atoms with Gasteiger partial charge < -0.3 is 15.0 Å². The molecule has 1 N–H and O–H groups in total. The molecule has 1 aromatic rings. The zero-order chi connectivity index (χ0) is 16.9. The topological polar surface area (TPSA) is 58.6 Å². The zero-order valence-corrected chi connectivity index (χ0v) is 13.7. The summed E-state index contributed by atoms with van der Waals surface area (Å²) in [6, 6.07) is 5.77. The van der Waals surface area contributed by atoms with E-state index in [1.54, 1.807) is 17.0 Å². The van der Waals surface area contributed by atoms with E-state index in [4.69, 9.17) is 4.74 Å². The maximum absolute atomic E-state index is 13.0. The Morgan fingerprint density at radius 3 is 2.75 bits per heavy atom. The van der Waals surface area contributed by atoms with Crippen molar-refractivity contribution in [3.05, 3.63) is 30.1 Å². The third kappa shape index (κ3) is 3.93. The molecule has 2 atom stereocenters. The van der Waals surface area contributed by atoms with Gasteiger partial charge >= 0.3 is 0 Å². The van der Waals surface area contributed by atoms with Crippen LogP contribution < -0.4 is 10.2 Å². The molecule has 0 saturated carbocycles. The Balaban J connectivity index is 1.49. The van der Waals surface area contributed by atoms with Crippen LogP contribution in [-0.4, -0.2) is 37.6 Å². The molecule has 1 aromatic carbocycles. The number of amides is 2. The number of nitrogens with zero attached hydrogens (tertiary/aromatic N) is 1. The van der Waals surface area contributed by atoms with Crippen LogP contribution >= 0.6 is 0 Å². The van der Waals surface area contributed by atoms with E-state index in [1.165, 1.54) is 18.6 Å². The number of carbonyl (C=O) groups excluding carboxylic acids is 2. The fraction of sp³-hybridized carbons (Fsp3) is 0.556. The molecule has 2 aliphatic rings. The number of rotatable bonds is 5. The molecule has 24 heavy (non-hydrogen) atoms. The molecule has 5 nitrogen and oxygen atoms in total. The summed E-state index contributed by atoms with van der Waals surface area (Å²) in [5.41, 5.74) is 0.632. The second-order valence-electron chi connectivity index (χ2n) is 6.38. The van der Waals surface area contributed by atoms with E-state index in [9.17, 15) is 14.0 Å². The number of anilines is 1. The highest BCUT2D eigenvalue weighted by Gasteiger charge is 2.37. The van der Waals surface area contributed by atoms with Crippen molar-refractivity contribution in [2.75, 3.05) is 24.6 Å². The van der Waals surface area contributed by atoms with Crippen molar-refractivity contribution >= 4 is 17.5 Å². The Hall–Kier alpha value is -1.95. The number of ether oxygens (including phenoxy) is 1. The van der Waals surface area contributed by atoms with Gasteiger partial charge in [-0.3, -0.25) is 9.59 Å². The van der Waals surface area contributed by atoms with Crippen LogP contribution in [0.5, 0.6) is 0 Å². The summed E-state index contributed by atoms with van der Waals surface area (Å²) in [6.45, 7) is 1.81. The van der Waals surface area contributed by atoms with Crippen LogP contribution in [0, 0.1) is 11.7 Å². The molecule has 0 aromatic heterocycles. The third-order valence-corrected chi connectivity index (χ3v) is 4.70. The van der Waals surface area contributed by atoms with Gasteiger partial charge in [-0.25, -0.2) is 4.39 Å². The normalized spacial score (nSPS) is 24.2. The lowest BCUT2D eigenvalue weighted by Crippen LogP contribution is -2.38. The Morgan fingerprint density at radius 1 is 1.25 bits per heavy atom. The van der Waals surface area contributed by atoms with Crippen LogP contribution in [0.25, 0.3) is 0 Å². The number of hydrogen-bond acceptors (Lipinski definition) is 3. The molecular weight excluding hydrogens is 311 g/mol. The Kier molecular flexibility index (Phi) is 5.45. The summed E-state index contributed by atoms with van der Waals surface area (Å²) in [6.07, 6.45) is 4.81. The fourth-order valence-electron chi connectivity index (χ4n) is 3.32. The van der Waals surface area contributed by atoms with Gasteiger partial charge in [-0.05, 0) is 56.4 Å². The van der Waals surface area contributed by atoms with Gasteiger partial charge in [0.2, 0.25) is 11.8 Å². The lowest BCUT2D eigenvalue weighted by molar-refractivity contribution is -0.132. The number of carbonyl (C=O) groups is 2. The van der Waals surface area contributed by atoms with E-state index in [1.807, 2.05) is 0 Å². The SMILES string of the molecule is O=C(NCCC1CCCCO1)C1CCN(c2ccc(F)cc2)C1=O. The first-order chi connectivity index (χ1) is 11.6. The second kappa shape index (κ2) is 7.75. The minimum atomic E-state index is -0.651. The first-order valence-electron chi connectivity index (χ1n) is 8.61. The van der Waals surface area contributed by atoms with Crippen molar-refractivity contribution in [1.29, 1.82) is 0 Å². The molecule has 3 rings (SSSR count). The molecule has 0 spiro atoms. The molecule has 0 radical (unpaired) electrons. The predicted octanol–water partition coefficient (Wildman–Crippen LogP) is 2.25. The molecular formula is C18H23FN2O3. The van der Waals surface area contributed by atoms with Gasteiger partial charge in [-0.1, -0.05) is 0 Å². The van der Waals surface area contributed by atoms with Gasteiger partial charge in [-0.15, -0.1) is 0 Å². The molecule has 130 valence electrons. The van der Waals surface area contributed by atoms with Crippen molar-refractivity contribution in [3.63, 3.8) is 0 Å². The minimum Gasteiger partial charge on any atom is -0.378 e. The van der Waals surface area contributed by atoms with Crippen LogP contribution in [0.2, 0.25) is 0 Å². The standard InChI is InChI=1S/C18H23FN2O3/c19-13-4-6-14(7-5-13)21-11-9-16(18(21)23)17(22)20-10-8-15-3-1-2-12-24-15/h4-7,15-16H,1-3,8-12H2,(H,20,22). The summed E-state index contributed by atoms with van der Waals surface area (Å²) in [4.78, 5) is 26.3. The molecule has 2 heterocycles. The van der Waals surface area contributed by atoms with E-state index in [0.29, 0.717) is 25.2 Å². The largest absolute Gasteiger partial charge is 0.378 e. The summed E-state index contributed by atoms with van der Waals surface area (Å²) >= 11 is 0. The van der Waals surface area contributed by atoms with E-state index in [-0.39, 0.29) is 23.7 Å². The van der Waals surface area contributed by atoms with Gasteiger partial charge in [0.05, 0.1) is 6.10 Å². The molecule has 2 amide bonds. The minimum absolute atomic E-state index is 0.215. The van der Waals surface area contributed by atoms with Crippen molar-refractivity contribution in [2.24, 2.45) is 5.92 Å². The Labute approximate surface area is 141 Å². The predicted molar refractivity (Wildman–Crippen MR) is 88.1 cm³/mol. The van der Waals surface area contributed by atoms with Gasteiger partial charge in [-0.2, -0.15) is 0 Å². The van der Waals surface area contributed by atoms with Crippen LogP contribution in [0.3, 0.4) is 0 Å². The van der Waals surface area contributed by atoms with Crippen molar-refractivity contribution in [2.45, 2.75) is 38.2 Å². The number of halogens is 1. The summed E-state index contributed by atoms with van der Waals surface area (Å²) in [7, 11) is 0. The fourth-order valence-corrected chi connectivity index (χ4v) is 3.32. The molecule has 6 heteroatoms. The summed E-state index contributed by atoms with van der Waals surface area (Å²) in [5, 5.41) is 2.86. The Morgan fingerprint density at radius 2 is 2.04 bits per heavy atom. The smallest absolute Gasteiger partial charge is 0.239 e. The molecule has 2 aliphatic heterocycles. The van der Waals surface area contributed by atoms with E-state index < -0.39 is 5.92 Å². The highest BCUT2D eigenvalue weighted by Crippen LogP contribution is 2.25. The number of nitrogens with one attached hydrogen (secondary N) is 1. The molecule has 2 unspecified atom stereocenters. The maximum Gasteiger partial charge on any atom is 0.239 e.